The first-order chi connectivity index (χ1) is 7.99. The van der Waals surface area contributed by atoms with Gasteiger partial charge >= 0.3 is 11.9 Å². The molecule has 0 N–H and O–H groups in total. The molecule has 2 bridgehead atoms. The third kappa shape index (κ3) is 2.35. The summed E-state index contributed by atoms with van der Waals surface area (Å²) in [5.74, 6) is -0.00176. The van der Waals surface area contributed by atoms with Crippen LogP contribution >= 0.6 is 0 Å². The van der Waals surface area contributed by atoms with Crippen LogP contribution in [0.2, 0.25) is 0 Å². The Balaban J connectivity index is 2.05. The summed E-state index contributed by atoms with van der Waals surface area (Å²) in [5.41, 5.74) is 0.384. The van der Waals surface area contributed by atoms with Crippen LogP contribution in [0, 0.1) is 11.8 Å². The molecule has 17 heavy (non-hydrogen) atoms. The third-order valence-electron chi connectivity index (χ3n) is 3.66. The van der Waals surface area contributed by atoms with E-state index in [0.717, 1.165) is 19.3 Å². The minimum Gasteiger partial charge on any atom is -0.458 e. The summed E-state index contributed by atoms with van der Waals surface area (Å²) in [6.07, 6.45) is 2.57. The second-order valence-corrected chi connectivity index (χ2v) is 5.06. The lowest BCUT2D eigenvalue weighted by molar-refractivity contribution is -0.168. The number of carbonyl (C=O) groups is 2. The van der Waals surface area contributed by atoms with Crippen LogP contribution in [0.15, 0.2) is 12.2 Å². The highest BCUT2D eigenvalue weighted by Crippen LogP contribution is 2.47. The first-order valence-corrected chi connectivity index (χ1v) is 6.02. The van der Waals surface area contributed by atoms with Crippen molar-refractivity contribution in [1.29, 1.82) is 0 Å². The summed E-state index contributed by atoms with van der Waals surface area (Å²) in [6, 6.07) is 0. The second-order valence-electron chi connectivity index (χ2n) is 5.06. The zero-order valence-electron chi connectivity index (χ0n) is 10.3. The molecule has 0 aromatic rings. The first-order valence-electron chi connectivity index (χ1n) is 6.02. The molecule has 4 unspecified atom stereocenters. The fourth-order valence-electron chi connectivity index (χ4n) is 2.93. The quantitative estimate of drug-likeness (QED) is 0.556. The average Bonchev–Trinajstić information content (AvgIpc) is 2.80. The van der Waals surface area contributed by atoms with Crippen molar-refractivity contribution in [2.24, 2.45) is 11.8 Å². The fraction of sp³-hybridized carbons (Fsp3) is 0.692. The van der Waals surface area contributed by atoms with Crippen LogP contribution in [0.4, 0.5) is 0 Å². The van der Waals surface area contributed by atoms with E-state index < -0.39 is 0 Å². The molecular formula is C13H18O4. The Kier molecular flexibility index (Phi) is 3.22. The number of carbonyl (C=O) groups excluding carboxylic acids is 2. The van der Waals surface area contributed by atoms with Gasteiger partial charge < -0.3 is 9.47 Å². The Morgan fingerprint density at radius 3 is 2.06 bits per heavy atom. The SMILES string of the molecule is C=C(C)C(=O)OC1C2CCC(C2)C1OC(C)=O. The van der Waals surface area contributed by atoms with Gasteiger partial charge in [0.1, 0.15) is 12.2 Å². The Morgan fingerprint density at radius 1 is 1.06 bits per heavy atom. The van der Waals surface area contributed by atoms with E-state index in [1.54, 1.807) is 6.92 Å². The van der Waals surface area contributed by atoms with Crippen molar-refractivity contribution in [3.63, 3.8) is 0 Å². The summed E-state index contributed by atoms with van der Waals surface area (Å²) >= 11 is 0. The van der Waals surface area contributed by atoms with Gasteiger partial charge in [0.05, 0.1) is 0 Å². The monoisotopic (exact) mass is 238 g/mol. The number of fused-ring (bicyclic) bond motifs is 2. The standard InChI is InChI=1S/C13H18O4/c1-7(2)13(15)17-12-10-5-4-9(6-10)11(12)16-8(3)14/h9-12H,1,4-6H2,2-3H3. The molecule has 4 heteroatoms. The minimum atomic E-state index is -0.389. The van der Waals surface area contributed by atoms with E-state index in [4.69, 9.17) is 9.47 Å². The summed E-state index contributed by atoms with van der Waals surface area (Å²) in [6.45, 7) is 6.58. The van der Waals surface area contributed by atoms with Crippen LogP contribution in [0.5, 0.6) is 0 Å². The Bertz CT molecular complexity index is 360. The number of hydrogen-bond donors (Lipinski definition) is 0. The van der Waals surface area contributed by atoms with E-state index in [-0.39, 0.29) is 24.1 Å². The molecule has 0 aromatic carbocycles. The molecule has 94 valence electrons. The van der Waals surface area contributed by atoms with Gasteiger partial charge in [-0.05, 0) is 26.2 Å². The number of hydrogen-bond acceptors (Lipinski definition) is 4. The molecule has 2 rings (SSSR count). The second kappa shape index (κ2) is 4.51. The van der Waals surface area contributed by atoms with E-state index in [1.165, 1.54) is 6.92 Å². The van der Waals surface area contributed by atoms with Crippen molar-refractivity contribution in [1.82, 2.24) is 0 Å². The normalized spacial score (nSPS) is 34.5. The molecule has 0 saturated heterocycles. The van der Waals surface area contributed by atoms with Gasteiger partial charge in [-0.15, -0.1) is 0 Å². The van der Waals surface area contributed by atoms with Gasteiger partial charge in [0.2, 0.25) is 0 Å². The van der Waals surface area contributed by atoms with E-state index in [1.807, 2.05) is 0 Å². The lowest BCUT2D eigenvalue weighted by atomic mass is 9.94. The number of esters is 2. The zero-order chi connectivity index (χ0) is 12.6. The van der Waals surface area contributed by atoms with Crippen LogP contribution in [0.25, 0.3) is 0 Å². The van der Waals surface area contributed by atoms with E-state index in [2.05, 4.69) is 6.58 Å². The van der Waals surface area contributed by atoms with Crippen LogP contribution in [0.1, 0.15) is 33.1 Å². The van der Waals surface area contributed by atoms with Gasteiger partial charge in [-0.3, -0.25) is 4.79 Å². The van der Waals surface area contributed by atoms with Gasteiger partial charge in [0.15, 0.2) is 0 Å². The average molecular weight is 238 g/mol. The molecule has 2 aliphatic carbocycles. The van der Waals surface area contributed by atoms with Gasteiger partial charge in [0.25, 0.3) is 0 Å². The van der Waals surface area contributed by atoms with Crippen LogP contribution in [-0.4, -0.2) is 24.1 Å². The lowest BCUT2D eigenvalue weighted by Gasteiger charge is -2.30. The van der Waals surface area contributed by atoms with Crippen molar-refractivity contribution in [3.05, 3.63) is 12.2 Å². The summed E-state index contributed by atoms with van der Waals surface area (Å²) in [4.78, 5) is 22.6. The van der Waals surface area contributed by atoms with Crippen LogP contribution < -0.4 is 0 Å². The maximum absolute atomic E-state index is 11.5. The molecule has 2 saturated carbocycles. The molecule has 0 spiro atoms. The van der Waals surface area contributed by atoms with E-state index >= 15 is 0 Å². The van der Waals surface area contributed by atoms with Crippen molar-refractivity contribution in [2.75, 3.05) is 0 Å². The van der Waals surface area contributed by atoms with Crippen molar-refractivity contribution < 1.29 is 19.1 Å². The summed E-state index contributed by atoms with van der Waals surface area (Å²) in [5, 5.41) is 0. The topological polar surface area (TPSA) is 52.6 Å². The molecule has 2 fully saturated rings. The molecule has 2 aliphatic rings. The molecule has 0 aromatic heterocycles. The van der Waals surface area contributed by atoms with Gasteiger partial charge in [-0.1, -0.05) is 6.58 Å². The van der Waals surface area contributed by atoms with Crippen molar-refractivity contribution >= 4 is 11.9 Å². The smallest absolute Gasteiger partial charge is 0.333 e. The van der Waals surface area contributed by atoms with Gasteiger partial charge in [-0.2, -0.15) is 0 Å². The Morgan fingerprint density at radius 2 is 1.59 bits per heavy atom. The van der Waals surface area contributed by atoms with Crippen molar-refractivity contribution in [3.8, 4) is 0 Å². The van der Waals surface area contributed by atoms with Crippen LogP contribution in [-0.2, 0) is 19.1 Å². The minimum absolute atomic E-state index is 0.255. The zero-order valence-corrected chi connectivity index (χ0v) is 10.3. The first kappa shape index (κ1) is 12.1. The Hall–Kier alpha value is -1.32. The molecule has 0 radical (unpaired) electrons. The highest BCUT2D eigenvalue weighted by molar-refractivity contribution is 5.87. The molecule has 4 nitrogen and oxygen atoms in total. The van der Waals surface area contributed by atoms with Gasteiger partial charge in [-0.25, -0.2) is 4.79 Å². The summed E-state index contributed by atoms with van der Waals surface area (Å²) < 4.78 is 10.7. The predicted octanol–water partition coefficient (Wildman–Crippen LogP) is 1.84. The highest BCUT2D eigenvalue weighted by atomic mass is 16.6. The largest absolute Gasteiger partial charge is 0.458 e. The molecule has 0 heterocycles. The summed E-state index contributed by atoms with van der Waals surface area (Å²) in [7, 11) is 0. The fourth-order valence-corrected chi connectivity index (χ4v) is 2.93. The van der Waals surface area contributed by atoms with Crippen molar-refractivity contribution in [2.45, 2.75) is 45.3 Å². The number of ether oxygens (including phenoxy) is 2. The van der Waals surface area contributed by atoms with Crippen LogP contribution in [0.3, 0.4) is 0 Å². The maximum atomic E-state index is 11.5. The van der Waals surface area contributed by atoms with E-state index in [0.29, 0.717) is 17.4 Å². The highest BCUT2D eigenvalue weighted by Gasteiger charge is 2.51. The third-order valence-corrected chi connectivity index (χ3v) is 3.66. The van der Waals surface area contributed by atoms with Gasteiger partial charge in [0, 0.05) is 24.3 Å². The van der Waals surface area contributed by atoms with E-state index in [9.17, 15) is 9.59 Å². The molecule has 0 aliphatic heterocycles. The predicted molar refractivity (Wildman–Crippen MR) is 61.1 cm³/mol. The molecular weight excluding hydrogens is 220 g/mol. The molecule has 0 amide bonds. The molecule has 4 atom stereocenters. The maximum Gasteiger partial charge on any atom is 0.333 e. The lowest BCUT2D eigenvalue weighted by Crippen LogP contribution is -2.39. The Labute approximate surface area is 101 Å². The number of rotatable bonds is 3.